The van der Waals surface area contributed by atoms with E-state index in [4.69, 9.17) is 0 Å². The van der Waals surface area contributed by atoms with Crippen LogP contribution in [0.3, 0.4) is 0 Å². The molecule has 1 aliphatic carbocycles. The van der Waals surface area contributed by atoms with E-state index in [1.54, 1.807) is 0 Å². The van der Waals surface area contributed by atoms with Crippen LogP contribution in [0.5, 0.6) is 0 Å². The van der Waals surface area contributed by atoms with Crippen molar-refractivity contribution in [1.29, 1.82) is 0 Å². The minimum Gasteiger partial charge on any atom is -0.390 e. The van der Waals surface area contributed by atoms with Crippen molar-refractivity contribution in [2.24, 2.45) is 0 Å². The number of nitrogens with one attached hydrogen (secondary N) is 1. The summed E-state index contributed by atoms with van der Waals surface area (Å²) in [5.41, 5.74) is 4.37. The number of rotatable bonds is 6. The van der Waals surface area contributed by atoms with Crippen molar-refractivity contribution in [2.75, 3.05) is 0 Å². The van der Waals surface area contributed by atoms with Gasteiger partial charge in [0.2, 0.25) is 0 Å². The van der Waals surface area contributed by atoms with Crippen LogP contribution >= 0.6 is 0 Å². The van der Waals surface area contributed by atoms with Crippen molar-refractivity contribution in [1.82, 2.24) is 10.2 Å². The highest BCUT2D eigenvalue weighted by Gasteiger charge is 2.34. The molecule has 2 aliphatic rings. The van der Waals surface area contributed by atoms with Gasteiger partial charge >= 0.3 is 0 Å². The summed E-state index contributed by atoms with van der Waals surface area (Å²) in [6, 6.07) is 10.6. The summed E-state index contributed by atoms with van der Waals surface area (Å²) < 4.78 is 0. The smallest absolute Gasteiger partial charge is 0.0993 e. The highest BCUT2D eigenvalue weighted by Crippen LogP contribution is 2.35. The standard InChI is InChI=1S/C22H32N2O.C3H8/c1-17(2)21-18(3)23-20(12-15-22(25)13-8-5-9-14-22)24(21)16-19-10-6-4-7-11-19;1-3-2/h4,6-7,10-11,20,23,25H,1,5,8-9,12-16H2,2-3H3;3H2,1-2H3. The second-order valence-electron chi connectivity index (χ2n) is 8.56. The van der Waals surface area contributed by atoms with Crippen LogP contribution in [0.15, 0.2) is 53.9 Å². The third-order valence-corrected chi connectivity index (χ3v) is 5.67. The quantitative estimate of drug-likeness (QED) is 0.620. The molecular formula is C25H40N2O. The molecule has 2 N–H and O–H groups in total. The van der Waals surface area contributed by atoms with Gasteiger partial charge in [-0.05, 0) is 50.7 Å². The van der Waals surface area contributed by atoms with Gasteiger partial charge in [-0.25, -0.2) is 0 Å². The lowest BCUT2D eigenvalue weighted by Gasteiger charge is -2.35. The van der Waals surface area contributed by atoms with E-state index in [9.17, 15) is 5.11 Å². The Morgan fingerprint density at radius 1 is 1.18 bits per heavy atom. The Hall–Kier alpha value is -1.74. The Kier molecular flexibility index (Phi) is 8.62. The van der Waals surface area contributed by atoms with E-state index in [-0.39, 0.29) is 6.17 Å². The zero-order valence-corrected chi connectivity index (χ0v) is 18.4. The summed E-state index contributed by atoms with van der Waals surface area (Å²) in [6.45, 7) is 13.5. The van der Waals surface area contributed by atoms with Crippen molar-refractivity contribution in [3.63, 3.8) is 0 Å². The van der Waals surface area contributed by atoms with E-state index in [0.29, 0.717) is 0 Å². The lowest BCUT2D eigenvalue weighted by Crippen LogP contribution is -2.40. The maximum Gasteiger partial charge on any atom is 0.0993 e. The Balaban J connectivity index is 0.000000878. The molecule has 3 nitrogen and oxygen atoms in total. The van der Waals surface area contributed by atoms with E-state index in [0.717, 1.165) is 50.6 Å². The maximum atomic E-state index is 10.9. The highest BCUT2D eigenvalue weighted by molar-refractivity contribution is 5.34. The molecule has 156 valence electrons. The molecule has 0 amide bonds. The molecule has 1 fully saturated rings. The molecule has 28 heavy (non-hydrogen) atoms. The van der Waals surface area contributed by atoms with Gasteiger partial charge in [0.05, 0.1) is 17.5 Å². The van der Waals surface area contributed by atoms with Crippen LogP contribution in [0.1, 0.15) is 84.6 Å². The summed E-state index contributed by atoms with van der Waals surface area (Å²) >= 11 is 0. The van der Waals surface area contributed by atoms with Gasteiger partial charge in [-0.2, -0.15) is 0 Å². The first-order valence-electron chi connectivity index (χ1n) is 11.1. The van der Waals surface area contributed by atoms with Crippen LogP contribution in [0.25, 0.3) is 0 Å². The molecule has 1 heterocycles. The number of aliphatic hydroxyl groups is 1. The van der Waals surface area contributed by atoms with Gasteiger partial charge in [0, 0.05) is 12.2 Å². The zero-order valence-electron chi connectivity index (χ0n) is 18.4. The number of hydrogen-bond donors (Lipinski definition) is 2. The third-order valence-electron chi connectivity index (χ3n) is 5.67. The summed E-state index contributed by atoms with van der Waals surface area (Å²) in [4.78, 5) is 2.43. The third kappa shape index (κ3) is 6.13. The predicted molar refractivity (Wildman–Crippen MR) is 120 cm³/mol. The topological polar surface area (TPSA) is 35.5 Å². The van der Waals surface area contributed by atoms with E-state index in [1.807, 2.05) is 0 Å². The van der Waals surface area contributed by atoms with Gasteiger partial charge in [0.15, 0.2) is 0 Å². The van der Waals surface area contributed by atoms with E-state index in [1.165, 1.54) is 29.8 Å². The molecule has 0 bridgehead atoms. The minimum absolute atomic E-state index is 0.234. The van der Waals surface area contributed by atoms with Gasteiger partial charge < -0.3 is 15.3 Å². The molecule has 0 spiro atoms. The molecule has 1 unspecified atom stereocenters. The summed E-state index contributed by atoms with van der Waals surface area (Å²) in [7, 11) is 0. The number of nitrogens with zero attached hydrogens (tertiary/aromatic N) is 1. The van der Waals surface area contributed by atoms with Gasteiger partial charge in [-0.1, -0.05) is 76.4 Å². The molecule has 1 atom stereocenters. The first-order chi connectivity index (χ1) is 13.4. The molecule has 1 saturated carbocycles. The Labute approximate surface area is 172 Å². The predicted octanol–water partition coefficient (Wildman–Crippen LogP) is 6.12. The first-order valence-corrected chi connectivity index (χ1v) is 11.1. The monoisotopic (exact) mass is 384 g/mol. The van der Waals surface area contributed by atoms with E-state index >= 15 is 0 Å². The van der Waals surface area contributed by atoms with Gasteiger partial charge in [0.1, 0.15) is 0 Å². The fourth-order valence-electron chi connectivity index (χ4n) is 4.40. The Morgan fingerprint density at radius 3 is 2.36 bits per heavy atom. The fraction of sp³-hybridized carbons (Fsp3) is 0.600. The summed E-state index contributed by atoms with van der Waals surface area (Å²) in [6.07, 6.45) is 8.82. The van der Waals surface area contributed by atoms with Crippen LogP contribution in [0, 0.1) is 0 Å². The van der Waals surface area contributed by atoms with Crippen molar-refractivity contribution < 1.29 is 5.11 Å². The molecule has 1 aliphatic heterocycles. The Morgan fingerprint density at radius 2 is 1.79 bits per heavy atom. The van der Waals surface area contributed by atoms with Crippen molar-refractivity contribution in [3.8, 4) is 0 Å². The molecule has 0 aromatic heterocycles. The van der Waals surface area contributed by atoms with Crippen LogP contribution in [0.2, 0.25) is 0 Å². The fourth-order valence-corrected chi connectivity index (χ4v) is 4.40. The van der Waals surface area contributed by atoms with Crippen molar-refractivity contribution in [2.45, 2.75) is 97.4 Å². The zero-order chi connectivity index (χ0) is 20.6. The minimum atomic E-state index is -0.460. The number of allylic oxidation sites excluding steroid dienone is 2. The lowest BCUT2D eigenvalue weighted by molar-refractivity contribution is -0.0110. The summed E-state index contributed by atoms with van der Waals surface area (Å²) in [5.74, 6) is 0. The normalized spacial score (nSPS) is 21.0. The average molecular weight is 385 g/mol. The second-order valence-corrected chi connectivity index (χ2v) is 8.56. The molecule has 0 saturated heterocycles. The second kappa shape index (κ2) is 10.7. The molecule has 1 aromatic carbocycles. The summed E-state index contributed by atoms with van der Waals surface area (Å²) in [5, 5.41) is 14.5. The number of benzene rings is 1. The highest BCUT2D eigenvalue weighted by atomic mass is 16.3. The van der Waals surface area contributed by atoms with Crippen molar-refractivity contribution >= 4 is 0 Å². The first kappa shape index (κ1) is 22.5. The number of hydrogen-bond acceptors (Lipinski definition) is 3. The van der Waals surface area contributed by atoms with Crippen LogP contribution < -0.4 is 5.32 Å². The Bertz CT molecular complexity index is 644. The van der Waals surface area contributed by atoms with E-state index < -0.39 is 5.60 Å². The molecular weight excluding hydrogens is 344 g/mol. The molecule has 0 radical (unpaired) electrons. The van der Waals surface area contributed by atoms with Crippen LogP contribution in [-0.2, 0) is 6.54 Å². The van der Waals surface area contributed by atoms with E-state index in [2.05, 4.69) is 74.8 Å². The molecule has 3 rings (SSSR count). The molecule has 1 aromatic rings. The van der Waals surface area contributed by atoms with Crippen molar-refractivity contribution in [3.05, 3.63) is 59.4 Å². The van der Waals surface area contributed by atoms with Crippen LogP contribution in [-0.4, -0.2) is 21.8 Å². The lowest BCUT2D eigenvalue weighted by atomic mass is 9.81. The SMILES string of the molecule is C=C(C)C1=C(C)NC(CCC2(O)CCCCC2)N1Cc1ccccc1.CCC. The average Bonchev–Trinajstić information content (AvgIpc) is 2.97. The largest absolute Gasteiger partial charge is 0.390 e. The van der Waals surface area contributed by atoms with Crippen LogP contribution in [0.4, 0.5) is 0 Å². The van der Waals surface area contributed by atoms with Gasteiger partial charge in [0.25, 0.3) is 0 Å². The maximum absolute atomic E-state index is 10.9. The van der Waals surface area contributed by atoms with Gasteiger partial charge in [-0.15, -0.1) is 0 Å². The molecule has 3 heteroatoms. The van der Waals surface area contributed by atoms with Gasteiger partial charge in [-0.3, -0.25) is 0 Å².